The number of amides is 1. The van der Waals surface area contributed by atoms with Crippen LogP contribution in [0.2, 0.25) is 0 Å². The molecule has 180 valence electrons. The molecular weight excluding hydrogens is 452 g/mol. The van der Waals surface area contributed by atoms with Gasteiger partial charge in [0.1, 0.15) is 9.71 Å². The van der Waals surface area contributed by atoms with E-state index in [1.54, 1.807) is 0 Å². The number of nitrogens with two attached hydrogens (primary N) is 1. The van der Waals surface area contributed by atoms with Gasteiger partial charge < -0.3 is 16.0 Å². The Morgan fingerprint density at radius 2 is 1.89 bits per heavy atom. The highest BCUT2D eigenvalue weighted by Crippen LogP contribution is 2.35. The third-order valence-corrected chi connectivity index (χ3v) is 7.84. The van der Waals surface area contributed by atoms with Crippen LogP contribution >= 0.6 is 11.3 Å². The van der Waals surface area contributed by atoms with E-state index in [1.165, 1.54) is 58.5 Å². The number of fused-ring (bicyclic) bond motifs is 1. The molecule has 0 atom stereocenters. The Morgan fingerprint density at radius 3 is 2.69 bits per heavy atom. The van der Waals surface area contributed by atoms with E-state index in [0.29, 0.717) is 17.1 Å². The highest BCUT2D eigenvalue weighted by atomic mass is 32.1. The lowest BCUT2D eigenvalue weighted by Gasteiger charge is -2.31. The van der Waals surface area contributed by atoms with Gasteiger partial charge in [-0.3, -0.25) is 4.79 Å². The molecule has 0 aliphatic carbocycles. The largest absolute Gasteiger partial charge is 0.397 e. The summed E-state index contributed by atoms with van der Waals surface area (Å²) >= 11 is 1.36. The van der Waals surface area contributed by atoms with Crippen LogP contribution in [0.4, 0.5) is 11.4 Å². The molecule has 5 rings (SSSR count). The number of nitrogen functional groups attached to an aromatic ring is 1. The van der Waals surface area contributed by atoms with E-state index >= 15 is 0 Å². The number of anilines is 2. The summed E-state index contributed by atoms with van der Waals surface area (Å²) in [5.41, 5.74) is 14.0. The summed E-state index contributed by atoms with van der Waals surface area (Å²) in [6, 6.07) is 19.3. The fourth-order valence-corrected chi connectivity index (χ4v) is 5.91. The van der Waals surface area contributed by atoms with Crippen molar-refractivity contribution in [1.82, 2.24) is 10.3 Å². The summed E-state index contributed by atoms with van der Waals surface area (Å²) in [4.78, 5) is 21.3. The van der Waals surface area contributed by atoms with Crippen molar-refractivity contribution in [2.45, 2.75) is 39.5 Å². The number of hydrogen-bond acceptors (Lipinski definition) is 5. The number of rotatable bonds is 6. The molecule has 1 amide bonds. The molecule has 2 aromatic carbocycles. The molecular formula is C29H32N4OS. The van der Waals surface area contributed by atoms with Crippen LogP contribution in [-0.4, -0.2) is 30.5 Å². The monoisotopic (exact) mass is 484 g/mol. The second-order valence-corrected chi connectivity index (χ2v) is 10.4. The van der Waals surface area contributed by atoms with E-state index in [0.717, 1.165) is 35.4 Å². The topological polar surface area (TPSA) is 71.2 Å². The van der Waals surface area contributed by atoms with Crippen molar-refractivity contribution in [3.05, 3.63) is 76.3 Å². The van der Waals surface area contributed by atoms with E-state index in [1.807, 2.05) is 19.1 Å². The third kappa shape index (κ3) is 5.03. The average Bonchev–Trinajstić information content (AvgIpc) is 3.20. The fourth-order valence-electron chi connectivity index (χ4n) is 4.85. The molecule has 3 N–H and O–H groups in total. The Hall–Kier alpha value is -3.38. The fraction of sp³-hybridized carbons (Fsp3) is 0.310. The Morgan fingerprint density at radius 1 is 1.06 bits per heavy atom. The average molecular weight is 485 g/mol. The zero-order valence-corrected chi connectivity index (χ0v) is 21.3. The Kier molecular flexibility index (Phi) is 6.73. The van der Waals surface area contributed by atoms with Crippen LogP contribution in [0.5, 0.6) is 0 Å². The Bertz CT molecular complexity index is 1370. The second-order valence-electron chi connectivity index (χ2n) is 9.42. The quantitative estimate of drug-likeness (QED) is 0.346. The highest BCUT2D eigenvalue weighted by Gasteiger charge is 2.18. The predicted octanol–water partition coefficient (Wildman–Crippen LogP) is 6.13. The molecule has 0 saturated carbocycles. The van der Waals surface area contributed by atoms with Crippen LogP contribution in [0.3, 0.4) is 0 Å². The molecule has 1 aliphatic rings. The standard InChI is InChI=1S/C29H32N4OS/c1-19-7-6-8-22(17-19)24-18-21(10-12-25(24)33-15-4-3-5-16-33)13-14-31-28(34)27-26(30)23-11-9-20(2)32-29(23)35-27/h6-12,17-18H,3-5,13-16,30H2,1-2H3,(H,31,34). The van der Waals surface area contributed by atoms with Gasteiger partial charge in [-0.15, -0.1) is 11.3 Å². The molecule has 5 nitrogen and oxygen atoms in total. The number of nitrogens with zero attached hydrogens (tertiary/aromatic N) is 2. The van der Waals surface area contributed by atoms with Gasteiger partial charge in [0.05, 0.1) is 5.69 Å². The lowest BCUT2D eigenvalue weighted by molar-refractivity contribution is 0.0959. The highest BCUT2D eigenvalue weighted by molar-refractivity contribution is 7.21. The van der Waals surface area contributed by atoms with Crippen molar-refractivity contribution in [2.24, 2.45) is 0 Å². The molecule has 0 unspecified atom stereocenters. The minimum Gasteiger partial charge on any atom is -0.397 e. The van der Waals surface area contributed by atoms with Gasteiger partial charge in [-0.1, -0.05) is 35.9 Å². The minimum atomic E-state index is -0.132. The second kappa shape index (κ2) is 10.1. The maximum atomic E-state index is 12.9. The molecule has 0 radical (unpaired) electrons. The van der Waals surface area contributed by atoms with E-state index < -0.39 is 0 Å². The zero-order valence-electron chi connectivity index (χ0n) is 20.4. The molecule has 1 saturated heterocycles. The molecule has 1 aliphatic heterocycles. The smallest absolute Gasteiger partial charge is 0.263 e. The van der Waals surface area contributed by atoms with Crippen molar-refractivity contribution in [2.75, 3.05) is 30.3 Å². The van der Waals surface area contributed by atoms with Gasteiger partial charge in [-0.2, -0.15) is 0 Å². The number of carbonyl (C=O) groups excluding carboxylic acids is 1. The number of aryl methyl sites for hydroxylation is 2. The van der Waals surface area contributed by atoms with Gasteiger partial charge in [0, 0.05) is 42.0 Å². The van der Waals surface area contributed by atoms with Gasteiger partial charge in [0.15, 0.2) is 0 Å². The van der Waals surface area contributed by atoms with Gasteiger partial charge >= 0.3 is 0 Å². The number of piperidine rings is 1. The number of thiophene rings is 1. The molecule has 4 aromatic rings. The van der Waals surface area contributed by atoms with Crippen LogP contribution in [0.1, 0.15) is 45.8 Å². The van der Waals surface area contributed by atoms with Gasteiger partial charge in [-0.05, 0) is 74.9 Å². The normalized spacial score (nSPS) is 13.8. The molecule has 1 fully saturated rings. The maximum absolute atomic E-state index is 12.9. The molecule has 35 heavy (non-hydrogen) atoms. The van der Waals surface area contributed by atoms with E-state index in [-0.39, 0.29) is 5.91 Å². The molecule has 0 spiro atoms. The molecule has 0 bridgehead atoms. The van der Waals surface area contributed by atoms with Crippen molar-refractivity contribution < 1.29 is 4.79 Å². The van der Waals surface area contributed by atoms with E-state index in [2.05, 4.69) is 64.6 Å². The van der Waals surface area contributed by atoms with Crippen molar-refractivity contribution in [3.8, 4) is 11.1 Å². The van der Waals surface area contributed by atoms with Crippen LogP contribution in [0, 0.1) is 13.8 Å². The number of benzene rings is 2. The summed E-state index contributed by atoms with van der Waals surface area (Å²) in [7, 11) is 0. The van der Waals surface area contributed by atoms with Crippen molar-refractivity contribution >= 4 is 38.8 Å². The summed E-state index contributed by atoms with van der Waals surface area (Å²) in [6.07, 6.45) is 4.56. The summed E-state index contributed by atoms with van der Waals surface area (Å²) < 4.78 is 0. The first kappa shape index (κ1) is 23.4. The summed E-state index contributed by atoms with van der Waals surface area (Å²) in [5.74, 6) is -0.132. The lowest BCUT2D eigenvalue weighted by atomic mass is 9.96. The number of pyridine rings is 1. The van der Waals surface area contributed by atoms with Crippen LogP contribution < -0.4 is 16.0 Å². The molecule has 2 aromatic heterocycles. The predicted molar refractivity (Wildman–Crippen MR) is 147 cm³/mol. The SMILES string of the molecule is Cc1cccc(-c2cc(CCNC(=O)c3sc4nc(C)ccc4c3N)ccc2N2CCCCC2)c1. The Labute approximate surface area is 211 Å². The number of nitrogens with one attached hydrogen (secondary N) is 1. The van der Waals surface area contributed by atoms with Gasteiger partial charge in [0.2, 0.25) is 0 Å². The number of carbonyl (C=O) groups is 1. The van der Waals surface area contributed by atoms with E-state index in [9.17, 15) is 4.79 Å². The maximum Gasteiger partial charge on any atom is 0.263 e. The first-order valence-electron chi connectivity index (χ1n) is 12.4. The number of hydrogen-bond donors (Lipinski definition) is 2. The Balaban J connectivity index is 1.33. The van der Waals surface area contributed by atoms with Crippen LogP contribution in [-0.2, 0) is 6.42 Å². The number of aromatic nitrogens is 1. The van der Waals surface area contributed by atoms with Gasteiger partial charge in [0.25, 0.3) is 5.91 Å². The van der Waals surface area contributed by atoms with Crippen LogP contribution in [0.25, 0.3) is 21.3 Å². The van der Waals surface area contributed by atoms with Crippen molar-refractivity contribution in [1.29, 1.82) is 0 Å². The summed E-state index contributed by atoms with van der Waals surface area (Å²) in [5, 5.41) is 3.91. The first-order chi connectivity index (χ1) is 17.0. The molecule has 3 heterocycles. The third-order valence-electron chi connectivity index (χ3n) is 6.73. The lowest BCUT2D eigenvalue weighted by Crippen LogP contribution is -2.30. The first-order valence-corrected chi connectivity index (χ1v) is 13.2. The summed E-state index contributed by atoms with van der Waals surface area (Å²) in [6.45, 7) is 6.85. The van der Waals surface area contributed by atoms with Crippen molar-refractivity contribution in [3.63, 3.8) is 0 Å². The zero-order chi connectivity index (χ0) is 24.4. The minimum absolute atomic E-state index is 0.132. The van der Waals surface area contributed by atoms with E-state index in [4.69, 9.17) is 5.73 Å². The van der Waals surface area contributed by atoms with Crippen LogP contribution in [0.15, 0.2) is 54.6 Å². The van der Waals surface area contributed by atoms with Gasteiger partial charge in [-0.25, -0.2) is 4.98 Å². The molecule has 6 heteroatoms.